The first kappa shape index (κ1) is 13.7. The molecule has 1 aliphatic rings. The topological polar surface area (TPSA) is 70.0 Å². The van der Waals surface area contributed by atoms with Gasteiger partial charge in [0.05, 0.1) is 11.7 Å². The minimum Gasteiger partial charge on any atom is -0.504 e. The summed E-state index contributed by atoms with van der Waals surface area (Å²) < 4.78 is 5.55. The Kier molecular flexibility index (Phi) is 4.27. The van der Waals surface area contributed by atoms with E-state index in [1.54, 1.807) is 11.0 Å². The van der Waals surface area contributed by atoms with Crippen LogP contribution in [0.5, 0.6) is 11.5 Å². The van der Waals surface area contributed by atoms with Gasteiger partial charge in [-0.05, 0) is 31.9 Å². The van der Waals surface area contributed by atoms with Crippen LogP contribution >= 0.6 is 0 Å². The first-order valence-corrected chi connectivity index (χ1v) is 6.55. The molecule has 0 aliphatic carbocycles. The summed E-state index contributed by atoms with van der Waals surface area (Å²) in [6.45, 7) is 3.74. The van der Waals surface area contributed by atoms with Crippen LogP contribution in [-0.2, 0) is 4.74 Å². The molecule has 1 fully saturated rings. The first-order chi connectivity index (χ1) is 9.13. The molecular weight excluding hydrogens is 246 g/mol. The first-order valence-electron chi connectivity index (χ1n) is 6.55. The third-order valence-corrected chi connectivity index (χ3v) is 3.31. The van der Waals surface area contributed by atoms with Gasteiger partial charge >= 0.3 is 0 Å². The molecule has 1 heterocycles. The Morgan fingerprint density at radius 1 is 1.47 bits per heavy atom. The second-order valence-corrected chi connectivity index (χ2v) is 4.64. The van der Waals surface area contributed by atoms with E-state index in [0.29, 0.717) is 19.7 Å². The third-order valence-electron chi connectivity index (χ3n) is 3.31. The molecule has 0 bridgehead atoms. The number of benzene rings is 1. The summed E-state index contributed by atoms with van der Waals surface area (Å²) in [5, 5.41) is 19.2. The Labute approximate surface area is 112 Å². The lowest BCUT2D eigenvalue weighted by atomic mass is 10.1. The highest BCUT2D eigenvalue weighted by atomic mass is 16.5. The number of phenolic OH excluding ortho intramolecular Hbond substituents is 2. The summed E-state index contributed by atoms with van der Waals surface area (Å²) in [6, 6.07) is 4.42. The number of rotatable bonds is 3. The summed E-state index contributed by atoms with van der Waals surface area (Å²) in [4.78, 5) is 14.0. The van der Waals surface area contributed by atoms with Crippen molar-refractivity contribution in [3.63, 3.8) is 0 Å². The molecule has 2 N–H and O–H groups in total. The van der Waals surface area contributed by atoms with Gasteiger partial charge in [-0.3, -0.25) is 4.79 Å². The number of hydrogen-bond acceptors (Lipinski definition) is 4. The number of ether oxygens (including phenoxy) is 1. The van der Waals surface area contributed by atoms with Crippen LogP contribution in [-0.4, -0.2) is 46.8 Å². The fourth-order valence-electron chi connectivity index (χ4n) is 2.37. The van der Waals surface area contributed by atoms with Crippen molar-refractivity contribution in [3.05, 3.63) is 23.8 Å². The Bertz CT molecular complexity index is 459. The highest BCUT2D eigenvalue weighted by molar-refractivity contribution is 5.97. The van der Waals surface area contributed by atoms with E-state index < -0.39 is 0 Å². The van der Waals surface area contributed by atoms with Crippen molar-refractivity contribution in [1.29, 1.82) is 0 Å². The number of para-hydroxylation sites is 1. The number of hydrogen-bond donors (Lipinski definition) is 2. The second-order valence-electron chi connectivity index (χ2n) is 4.64. The second kappa shape index (κ2) is 5.93. The average molecular weight is 265 g/mol. The smallest absolute Gasteiger partial charge is 0.257 e. The van der Waals surface area contributed by atoms with Crippen LogP contribution in [0.25, 0.3) is 0 Å². The van der Waals surface area contributed by atoms with E-state index in [-0.39, 0.29) is 29.1 Å². The molecule has 0 radical (unpaired) electrons. The maximum Gasteiger partial charge on any atom is 0.257 e. The number of likely N-dealkylation sites (tertiary alicyclic amines) is 1. The van der Waals surface area contributed by atoms with Crippen molar-refractivity contribution in [3.8, 4) is 11.5 Å². The zero-order valence-electron chi connectivity index (χ0n) is 11.0. The van der Waals surface area contributed by atoms with Gasteiger partial charge in [0.25, 0.3) is 5.91 Å². The zero-order chi connectivity index (χ0) is 13.8. The van der Waals surface area contributed by atoms with Crippen LogP contribution in [0.4, 0.5) is 0 Å². The Morgan fingerprint density at radius 3 is 3.00 bits per heavy atom. The Balaban J connectivity index is 2.12. The summed E-state index contributed by atoms with van der Waals surface area (Å²) in [6.07, 6.45) is 1.89. The number of piperidine rings is 1. The molecule has 1 amide bonds. The van der Waals surface area contributed by atoms with E-state index in [2.05, 4.69) is 0 Å². The van der Waals surface area contributed by atoms with E-state index >= 15 is 0 Å². The van der Waals surface area contributed by atoms with Gasteiger partial charge in [-0.25, -0.2) is 0 Å². The van der Waals surface area contributed by atoms with Gasteiger partial charge in [-0.15, -0.1) is 0 Å². The molecule has 0 spiro atoms. The van der Waals surface area contributed by atoms with E-state index in [1.165, 1.54) is 12.1 Å². The molecule has 2 rings (SSSR count). The van der Waals surface area contributed by atoms with Crippen LogP contribution in [0.3, 0.4) is 0 Å². The number of carbonyl (C=O) groups is 1. The van der Waals surface area contributed by atoms with Crippen molar-refractivity contribution >= 4 is 5.91 Å². The van der Waals surface area contributed by atoms with Crippen molar-refractivity contribution in [2.75, 3.05) is 19.7 Å². The maximum absolute atomic E-state index is 12.3. The number of phenols is 2. The number of amides is 1. The van der Waals surface area contributed by atoms with E-state index in [9.17, 15) is 15.0 Å². The molecule has 1 atom stereocenters. The SMILES string of the molecule is CCOC1CCCN(C(=O)c2cccc(O)c2O)C1. The molecular formula is C14H19NO4. The standard InChI is InChI=1S/C14H19NO4/c1-2-19-10-5-4-8-15(9-10)14(18)11-6-3-7-12(16)13(11)17/h3,6-7,10,16-17H,2,4-5,8-9H2,1H3. The van der Waals surface area contributed by atoms with Gasteiger partial charge in [0.15, 0.2) is 11.5 Å². The fraction of sp³-hybridized carbons (Fsp3) is 0.500. The molecule has 19 heavy (non-hydrogen) atoms. The lowest BCUT2D eigenvalue weighted by Crippen LogP contribution is -2.43. The molecule has 1 saturated heterocycles. The summed E-state index contributed by atoms with van der Waals surface area (Å²) >= 11 is 0. The largest absolute Gasteiger partial charge is 0.504 e. The predicted octanol–water partition coefficient (Wildman–Crippen LogP) is 1.74. The lowest BCUT2D eigenvalue weighted by Gasteiger charge is -2.32. The van der Waals surface area contributed by atoms with Crippen molar-refractivity contribution in [2.45, 2.75) is 25.9 Å². The minimum atomic E-state index is -0.356. The van der Waals surface area contributed by atoms with Crippen molar-refractivity contribution < 1.29 is 19.7 Å². The van der Waals surface area contributed by atoms with Crippen LogP contribution in [0.15, 0.2) is 18.2 Å². The molecule has 0 aromatic heterocycles. The lowest BCUT2D eigenvalue weighted by molar-refractivity contribution is 0.00712. The molecule has 104 valence electrons. The van der Waals surface area contributed by atoms with Gasteiger partial charge in [0.2, 0.25) is 0 Å². The third kappa shape index (κ3) is 2.98. The van der Waals surface area contributed by atoms with Crippen LogP contribution in [0.1, 0.15) is 30.1 Å². The average Bonchev–Trinajstić information content (AvgIpc) is 2.42. The predicted molar refractivity (Wildman–Crippen MR) is 70.3 cm³/mol. The van der Waals surface area contributed by atoms with Gasteiger partial charge in [0.1, 0.15) is 0 Å². The molecule has 1 aliphatic heterocycles. The van der Waals surface area contributed by atoms with E-state index in [4.69, 9.17) is 4.74 Å². The van der Waals surface area contributed by atoms with Crippen molar-refractivity contribution in [1.82, 2.24) is 4.90 Å². The molecule has 1 unspecified atom stereocenters. The summed E-state index contributed by atoms with van der Waals surface area (Å²) in [7, 11) is 0. The minimum absolute atomic E-state index is 0.0575. The van der Waals surface area contributed by atoms with Crippen LogP contribution < -0.4 is 0 Å². The monoisotopic (exact) mass is 265 g/mol. The molecule has 0 saturated carbocycles. The maximum atomic E-state index is 12.3. The van der Waals surface area contributed by atoms with Crippen LogP contribution in [0, 0.1) is 0 Å². The van der Waals surface area contributed by atoms with Gasteiger partial charge < -0.3 is 19.8 Å². The van der Waals surface area contributed by atoms with Gasteiger partial charge in [-0.2, -0.15) is 0 Å². The van der Waals surface area contributed by atoms with Crippen molar-refractivity contribution in [2.24, 2.45) is 0 Å². The van der Waals surface area contributed by atoms with Crippen LogP contribution in [0.2, 0.25) is 0 Å². The summed E-state index contributed by atoms with van der Waals surface area (Å²) in [5.41, 5.74) is 0.136. The number of aromatic hydroxyl groups is 2. The molecule has 1 aromatic rings. The zero-order valence-corrected chi connectivity index (χ0v) is 11.0. The Morgan fingerprint density at radius 2 is 2.26 bits per heavy atom. The van der Waals surface area contributed by atoms with E-state index in [1.807, 2.05) is 6.92 Å². The number of nitrogens with zero attached hydrogens (tertiary/aromatic N) is 1. The van der Waals surface area contributed by atoms with Gasteiger partial charge in [0, 0.05) is 19.7 Å². The number of carbonyl (C=O) groups excluding carboxylic acids is 1. The van der Waals surface area contributed by atoms with E-state index in [0.717, 1.165) is 12.8 Å². The van der Waals surface area contributed by atoms with Gasteiger partial charge in [-0.1, -0.05) is 6.07 Å². The highest BCUT2D eigenvalue weighted by Crippen LogP contribution is 2.29. The Hall–Kier alpha value is -1.75. The molecule has 5 nitrogen and oxygen atoms in total. The normalized spacial score (nSPS) is 19.4. The molecule has 5 heteroatoms. The summed E-state index contributed by atoms with van der Waals surface area (Å²) in [5.74, 6) is -0.895. The molecule has 1 aromatic carbocycles. The highest BCUT2D eigenvalue weighted by Gasteiger charge is 2.26. The quantitative estimate of drug-likeness (QED) is 0.817. The fourth-order valence-corrected chi connectivity index (χ4v) is 2.37.